The third kappa shape index (κ3) is 5.12. The molecule has 19 heavy (non-hydrogen) atoms. The molecular weight excluding hydrogens is 244 g/mol. The Morgan fingerprint density at radius 2 is 1.79 bits per heavy atom. The molecule has 104 valence electrons. The molecule has 0 aromatic heterocycles. The first kappa shape index (κ1) is 15.2. The fourth-order valence-electron chi connectivity index (χ4n) is 1.41. The summed E-state index contributed by atoms with van der Waals surface area (Å²) in [4.78, 5) is 23.6. The lowest BCUT2D eigenvalue weighted by Gasteiger charge is -2.16. The largest absolute Gasteiger partial charge is 0.463 e. The van der Waals surface area contributed by atoms with E-state index < -0.39 is 18.0 Å². The molecule has 1 rings (SSSR count). The summed E-state index contributed by atoms with van der Waals surface area (Å²) >= 11 is 0. The summed E-state index contributed by atoms with van der Waals surface area (Å²) in [5.41, 5.74) is 0.428. The maximum atomic E-state index is 11.8. The number of ether oxygens (including phenoxy) is 2. The van der Waals surface area contributed by atoms with E-state index in [1.165, 1.54) is 0 Å². The summed E-state index contributed by atoms with van der Waals surface area (Å²) in [5, 5.41) is 0. The van der Waals surface area contributed by atoms with Gasteiger partial charge in [-0.05, 0) is 24.5 Å². The summed E-state index contributed by atoms with van der Waals surface area (Å²) in [6, 6.07) is 8.59. The van der Waals surface area contributed by atoms with E-state index in [0.717, 1.165) is 0 Å². The molecule has 1 atom stereocenters. The van der Waals surface area contributed by atoms with Gasteiger partial charge >= 0.3 is 11.9 Å². The Kier molecular flexibility index (Phi) is 6.06. The molecular formula is C15H20O4. The SMILES string of the molecule is CC[C@H](OC(=O)c1ccccc1)C(=O)OCC(C)C. The van der Waals surface area contributed by atoms with Crippen LogP contribution < -0.4 is 0 Å². The van der Waals surface area contributed by atoms with Gasteiger partial charge in [-0.2, -0.15) is 0 Å². The summed E-state index contributed by atoms with van der Waals surface area (Å²) in [6.07, 6.45) is -0.443. The summed E-state index contributed by atoms with van der Waals surface area (Å²) in [6.45, 7) is 6.01. The normalized spacial score (nSPS) is 12.0. The second kappa shape index (κ2) is 7.56. The average molecular weight is 264 g/mol. The van der Waals surface area contributed by atoms with Gasteiger partial charge in [-0.25, -0.2) is 9.59 Å². The molecule has 0 bridgehead atoms. The molecule has 1 aromatic rings. The number of carbonyl (C=O) groups excluding carboxylic acids is 2. The van der Waals surface area contributed by atoms with E-state index in [2.05, 4.69) is 0 Å². The number of benzene rings is 1. The van der Waals surface area contributed by atoms with E-state index >= 15 is 0 Å². The van der Waals surface area contributed by atoms with Crippen molar-refractivity contribution in [1.29, 1.82) is 0 Å². The van der Waals surface area contributed by atoms with Gasteiger partial charge in [0, 0.05) is 0 Å². The Morgan fingerprint density at radius 1 is 1.16 bits per heavy atom. The molecule has 0 aliphatic carbocycles. The van der Waals surface area contributed by atoms with Crippen LogP contribution in [0, 0.1) is 5.92 Å². The molecule has 0 spiro atoms. The fourth-order valence-corrected chi connectivity index (χ4v) is 1.41. The zero-order valence-electron chi connectivity index (χ0n) is 11.6. The van der Waals surface area contributed by atoms with Crippen molar-refractivity contribution in [3.8, 4) is 0 Å². The highest BCUT2D eigenvalue weighted by Gasteiger charge is 2.23. The molecule has 0 N–H and O–H groups in total. The van der Waals surface area contributed by atoms with Gasteiger partial charge in [0.05, 0.1) is 12.2 Å². The van der Waals surface area contributed by atoms with Gasteiger partial charge in [0.15, 0.2) is 6.10 Å². The number of hydrogen-bond acceptors (Lipinski definition) is 4. The molecule has 0 aliphatic rings. The van der Waals surface area contributed by atoms with E-state index in [9.17, 15) is 9.59 Å². The van der Waals surface area contributed by atoms with Crippen molar-refractivity contribution in [3.05, 3.63) is 35.9 Å². The second-order valence-corrected chi connectivity index (χ2v) is 4.69. The lowest BCUT2D eigenvalue weighted by molar-refractivity contribution is -0.155. The Balaban J connectivity index is 2.57. The summed E-state index contributed by atoms with van der Waals surface area (Å²) in [5.74, 6) is -0.735. The van der Waals surface area contributed by atoms with E-state index in [1.807, 2.05) is 19.9 Å². The Hall–Kier alpha value is -1.84. The van der Waals surface area contributed by atoms with E-state index in [1.54, 1.807) is 31.2 Å². The van der Waals surface area contributed by atoms with E-state index in [-0.39, 0.29) is 5.92 Å². The number of rotatable bonds is 6. The van der Waals surface area contributed by atoms with Crippen LogP contribution in [-0.4, -0.2) is 24.6 Å². The van der Waals surface area contributed by atoms with Gasteiger partial charge in [0.1, 0.15) is 0 Å². The molecule has 0 fully saturated rings. The highest BCUT2D eigenvalue weighted by Crippen LogP contribution is 2.08. The number of esters is 2. The van der Waals surface area contributed by atoms with Crippen molar-refractivity contribution in [2.75, 3.05) is 6.61 Å². The zero-order chi connectivity index (χ0) is 14.3. The van der Waals surface area contributed by atoms with Crippen molar-refractivity contribution < 1.29 is 19.1 Å². The van der Waals surface area contributed by atoms with Gasteiger partial charge in [-0.1, -0.05) is 39.0 Å². The van der Waals surface area contributed by atoms with Gasteiger partial charge in [-0.15, -0.1) is 0 Å². The minimum Gasteiger partial charge on any atom is -0.463 e. The monoisotopic (exact) mass is 264 g/mol. The first-order valence-corrected chi connectivity index (χ1v) is 6.47. The van der Waals surface area contributed by atoms with Crippen molar-refractivity contribution >= 4 is 11.9 Å². The number of carbonyl (C=O) groups is 2. The maximum Gasteiger partial charge on any atom is 0.347 e. The molecule has 0 aliphatic heterocycles. The molecule has 0 unspecified atom stereocenters. The van der Waals surface area contributed by atoms with Crippen molar-refractivity contribution in [2.24, 2.45) is 5.92 Å². The summed E-state index contributed by atoms with van der Waals surface area (Å²) in [7, 11) is 0. The minimum absolute atomic E-state index is 0.256. The Labute approximate surface area is 113 Å². The van der Waals surface area contributed by atoms with Crippen LogP contribution in [0.5, 0.6) is 0 Å². The number of hydrogen-bond donors (Lipinski definition) is 0. The minimum atomic E-state index is -0.841. The molecule has 0 saturated heterocycles. The first-order valence-electron chi connectivity index (χ1n) is 6.47. The molecule has 0 radical (unpaired) electrons. The smallest absolute Gasteiger partial charge is 0.347 e. The predicted octanol–water partition coefficient (Wildman–Crippen LogP) is 2.82. The lowest BCUT2D eigenvalue weighted by atomic mass is 10.2. The van der Waals surface area contributed by atoms with Crippen LogP contribution in [-0.2, 0) is 14.3 Å². The first-order chi connectivity index (χ1) is 9.04. The molecule has 0 heterocycles. The fraction of sp³-hybridized carbons (Fsp3) is 0.467. The van der Waals surface area contributed by atoms with Gasteiger partial charge in [-0.3, -0.25) is 0 Å². The average Bonchev–Trinajstić information content (AvgIpc) is 2.42. The highest BCUT2D eigenvalue weighted by molar-refractivity contribution is 5.91. The van der Waals surface area contributed by atoms with Gasteiger partial charge < -0.3 is 9.47 Å². The third-order valence-electron chi connectivity index (χ3n) is 2.45. The molecule has 4 heteroatoms. The zero-order valence-corrected chi connectivity index (χ0v) is 11.6. The van der Waals surface area contributed by atoms with E-state index in [4.69, 9.17) is 9.47 Å². The van der Waals surface area contributed by atoms with Crippen molar-refractivity contribution in [3.63, 3.8) is 0 Å². The lowest BCUT2D eigenvalue weighted by Crippen LogP contribution is -2.29. The predicted molar refractivity (Wildman–Crippen MR) is 71.7 cm³/mol. The van der Waals surface area contributed by atoms with Crippen molar-refractivity contribution in [1.82, 2.24) is 0 Å². The van der Waals surface area contributed by atoms with Crippen LogP contribution >= 0.6 is 0 Å². The van der Waals surface area contributed by atoms with Gasteiger partial charge in [0.25, 0.3) is 0 Å². The molecule has 1 aromatic carbocycles. The molecule has 0 saturated carbocycles. The quantitative estimate of drug-likeness (QED) is 0.741. The van der Waals surface area contributed by atoms with Crippen LogP contribution in [0.15, 0.2) is 30.3 Å². The highest BCUT2D eigenvalue weighted by atomic mass is 16.6. The summed E-state index contributed by atoms with van der Waals surface area (Å²) < 4.78 is 10.2. The Bertz CT molecular complexity index is 411. The van der Waals surface area contributed by atoms with Crippen LogP contribution in [0.2, 0.25) is 0 Å². The van der Waals surface area contributed by atoms with Crippen LogP contribution in [0.4, 0.5) is 0 Å². The van der Waals surface area contributed by atoms with Crippen molar-refractivity contribution in [2.45, 2.75) is 33.3 Å². The van der Waals surface area contributed by atoms with E-state index in [0.29, 0.717) is 18.6 Å². The van der Waals surface area contributed by atoms with Crippen LogP contribution in [0.1, 0.15) is 37.6 Å². The standard InChI is InChI=1S/C15H20O4/c1-4-13(15(17)18-10-11(2)3)19-14(16)12-8-6-5-7-9-12/h5-9,11,13H,4,10H2,1-3H3/t13-/m0/s1. The Morgan fingerprint density at radius 3 is 2.32 bits per heavy atom. The molecule has 4 nitrogen and oxygen atoms in total. The molecule has 0 amide bonds. The van der Waals surface area contributed by atoms with Crippen LogP contribution in [0.25, 0.3) is 0 Å². The topological polar surface area (TPSA) is 52.6 Å². The van der Waals surface area contributed by atoms with Gasteiger partial charge in [0.2, 0.25) is 0 Å². The maximum absolute atomic E-state index is 11.8. The third-order valence-corrected chi connectivity index (χ3v) is 2.45. The second-order valence-electron chi connectivity index (χ2n) is 4.69. The van der Waals surface area contributed by atoms with Crippen LogP contribution in [0.3, 0.4) is 0 Å².